The lowest BCUT2D eigenvalue weighted by molar-refractivity contribution is -0.118. The van der Waals surface area contributed by atoms with Gasteiger partial charge in [0, 0.05) is 20.0 Å². The molecule has 110 valence electrons. The van der Waals surface area contributed by atoms with Crippen LogP contribution < -0.4 is 16.4 Å². The second-order valence-corrected chi connectivity index (χ2v) is 4.40. The average Bonchev–Trinajstić information content (AvgIpc) is 2.42. The summed E-state index contributed by atoms with van der Waals surface area (Å²) in [7, 11) is 0. The number of carbonyl (C=O) groups is 2. The van der Waals surface area contributed by atoms with E-state index in [1.165, 1.54) is 25.1 Å². The van der Waals surface area contributed by atoms with Gasteiger partial charge in [0.15, 0.2) is 0 Å². The molecule has 0 saturated heterocycles. The lowest BCUT2D eigenvalue weighted by atomic mass is 10.1. The number of aromatic amines is 1. The van der Waals surface area contributed by atoms with Crippen molar-refractivity contribution in [3.05, 3.63) is 44.5 Å². The molecule has 1 amide bonds. The first-order valence-corrected chi connectivity index (χ1v) is 6.15. The summed E-state index contributed by atoms with van der Waals surface area (Å²) >= 11 is 0. The van der Waals surface area contributed by atoms with Gasteiger partial charge in [0.05, 0.1) is 16.6 Å². The summed E-state index contributed by atoms with van der Waals surface area (Å²) in [4.78, 5) is 47.9. The fourth-order valence-corrected chi connectivity index (χ4v) is 2.04. The molecule has 0 aliphatic carbocycles. The molecule has 2 rings (SSSR count). The van der Waals surface area contributed by atoms with E-state index in [2.05, 4.69) is 10.3 Å². The van der Waals surface area contributed by atoms with E-state index in [0.717, 1.165) is 4.57 Å². The summed E-state index contributed by atoms with van der Waals surface area (Å²) in [6.07, 6.45) is 0. The number of fused-ring (bicyclic) bond motifs is 1. The average molecular weight is 291 g/mol. The molecule has 0 radical (unpaired) electrons. The van der Waals surface area contributed by atoms with Crippen LogP contribution in [0.25, 0.3) is 11.0 Å². The molecular formula is C13H13N3O5. The van der Waals surface area contributed by atoms with Crippen molar-refractivity contribution in [3.8, 4) is 0 Å². The van der Waals surface area contributed by atoms with Gasteiger partial charge in [-0.25, -0.2) is 4.79 Å². The molecule has 0 bridgehead atoms. The number of nitrogens with one attached hydrogen (secondary N) is 2. The number of hydrogen-bond donors (Lipinski definition) is 3. The molecule has 0 atom stereocenters. The third-order valence-electron chi connectivity index (χ3n) is 2.95. The summed E-state index contributed by atoms with van der Waals surface area (Å²) in [5.74, 6) is -1.47. The molecule has 0 spiro atoms. The highest BCUT2D eigenvalue weighted by Crippen LogP contribution is 2.13. The minimum Gasteiger partial charge on any atom is -0.478 e. The van der Waals surface area contributed by atoms with E-state index in [1.807, 2.05) is 0 Å². The predicted octanol–water partition coefficient (Wildman–Crippen LogP) is -0.476. The number of carboxylic acid groups (broad SMARTS) is 1. The zero-order valence-corrected chi connectivity index (χ0v) is 11.2. The monoisotopic (exact) mass is 291 g/mol. The predicted molar refractivity (Wildman–Crippen MR) is 74.5 cm³/mol. The second-order valence-electron chi connectivity index (χ2n) is 4.40. The number of amides is 1. The maximum atomic E-state index is 11.9. The number of carboxylic acids is 1. The van der Waals surface area contributed by atoms with E-state index in [0.29, 0.717) is 5.52 Å². The van der Waals surface area contributed by atoms with Crippen LogP contribution in [-0.4, -0.2) is 33.1 Å². The summed E-state index contributed by atoms with van der Waals surface area (Å²) < 4.78 is 1.15. The van der Waals surface area contributed by atoms with Gasteiger partial charge in [-0.2, -0.15) is 0 Å². The molecule has 8 nitrogen and oxygen atoms in total. The minimum absolute atomic E-state index is 0.0713. The van der Waals surface area contributed by atoms with E-state index in [4.69, 9.17) is 5.11 Å². The van der Waals surface area contributed by atoms with Crippen molar-refractivity contribution in [1.29, 1.82) is 0 Å². The Hall–Kier alpha value is -2.90. The molecule has 2 aromatic rings. The quantitative estimate of drug-likeness (QED) is 0.657. The minimum atomic E-state index is -1.21. The van der Waals surface area contributed by atoms with Crippen LogP contribution >= 0.6 is 0 Å². The fourth-order valence-electron chi connectivity index (χ4n) is 2.04. The van der Waals surface area contributed by atoms with Crippen LogP contribution in [0, 0.1) is 0 Å². The van der Waals surface area contributed by atoms with Crippen LogP contribution in [0.2, 0.25) is 0 Å². The summed E-state index contributed by atoms with van der Waals surface area (Å²) in [6, 6.07) is 4.36. The summed E-state index contributed by atoms with van der Waals surface area (Å²) in [5, 5.41) is 11.6. The SMILES string of the molecule is CC(=O)NCCn1c(=O)c(=O)[nH]c2c(C(=O)O)cccc21. The number of benzene rings is 1. The second kappa shape index (κ2) is 5.61. The van der Waals surface area contributed by atoms with Crippen LogP contribution in [0.4, 0.5) is 0 Å². The van der Waals surface area contributed by atoms with Crippen molar-refractivity contribution in [3.63, 3.8) is 0 Å². The van der Waals surface area contributed by atoms with E-state index in [9.17, 15) is 19.2 Å². The van der Waals surface area contributed by atoms with Gasteiger partial charge in [-0.05, 0) is 12.1 Å². The third-order valence-corrected chi connectivity index (χ3v) is 2.95. The van der Waals surface area contributed by atoms with E-state index in [-0.39, 0.29) is 30.1 Å². The molecule has 0 saturated carbocycles. The van der Waals surface area contributed by atoms with Gasteiger partial charge in [0.25, 0.3) is 0 Å². The first-order valence-electron chi connectivity index (χ1n) is 6.15. The smallest absolute Gasteiger partial charge is 0.337 e. The Kier molecular flexibility index (Phi) is 3.88. The largest absolute Gasteiger partial charge is 0.478 e. The van der Waals surface area contributed by atoms with Crippen molar-refractivity contribution in [2.45, 2.75) is 13.5 Å². The highest BCUT2D eigenvalue weighted by atomic mass is 16.4. The van der Waals surface area contributed by atoms with Gasteiger partial charge < -0.3 is 20.0 Å². The maximum absolute atomic E-state index is 11.9. The number of aromatic carboxylic acids is 1. The Balaban J connectivity index is 2.63. The summed E-state index contributed by atoms with van der Waals surface area (Å²) in [5.41, 5.74) is -1.42. The molecule has 0 aliphatic heterocycles. The van der Waals surface area contributed by atoms with Crippen LogP contribution in [0.15, 0.2) is 27.8 Å². The van der Waals surface area contributed by atoms with Gasteiger partial charge in [0.2, 0.25) is 5.91 Å². The fraction of sp³-hybridized carbons (Fsp3) is 0.231. The molecular weight excluding hydrogens is 278 g/mol. The van der Waals surface area contributed by atoms with Crippen molar-refractivity contribution in [1.82, 2.24) is 14.9 Å². The zero-order valence-electron chi connectivity index (χ0n) is 11.2. The highest BCUT2D eigenvalue weighted by molar-refractivity contribution is 6.00. The maximum Gasteiger partial charge on any atom is 0.337 e. The topological polar surface area (TPSA) is 121 Å². The van der Waals surface area contributed by atoms with Gasteiger partial charge in [-0.3, -0.25) is 14.4 Å². The molecule has 0 aliphatic rings. The first-order chi connectivity index (χ1) is 9.91. The Labute approximate surface area is 118 Å². The zero-order chi connectivity index (χ0) is 15.6. The molecule has 1 aromatic carbocycles. The molecule has 1 aromatic heterocycles. The Morgan fingerprint density at radius 2 is 2.05 bits per heavy atom. The first kappa shape index (κ1) is 14.5. The number of hydrogen-bond acceptors (Lipinski definition) is 4. The van der Waals surface area contributed by atoms with Gasteiger partial charge in [0.1, 0.15) is 0 Å². The van der Waals surface area contributed by atoms with Crippen molar-refractivity contribution >= 4 is 22.9 Å². The lowest BCUT2D eigenvalue weighted by Gasteiger charge is -2.11. The molecule has 0 unspecified atom stereocenters. The number of para-hydroxylation sites is 1. The highest BCUT2D eigenvalue weighted by Gasteiger charge is 2.14. The Morgan fingerprint density at radius 1 is 1.33 bits per heavy atom. The van der Waals surface area contributed by atoms with Crippen molar-refractivity contribution < 1.29 is 14.7 Å². The third kappa shape index (κ3) is 2.83. The standard InChI is InChI=1S/C13H13N3O5/c1-7(17)14-5-6-16-9-4-2-3-8(13(20)21)10(9)15-11(18)12(16)19/h2-4H,5-6H2,1H3,(H,14,17)(H,15,18)(H,20,21). The number of nitrogens with zero attached hydrogens (tertiary/aromatic N) is 1. The Morgan fingerprint density at radius 3 is 2.67 bits per heavy atom. The summed E-state index contributed by atoms with van der Waals surface area (Å²) in [6.45, 7) is 1.56. The van der Waals surface area contributed by atoms with Crippen LogP contribution in [0.5, 0.6) is 0 Å². The molecule has 1 heterocycles. The van der Waals surface area contributed by atoms with Gasteiger partial charge >= 0.3 is 17.1 Å². The molecule has 3 N–H and O–H groups in total. The molecule has 8 heteroatoms. The van der Waals surface area contributed by atoms with Crippen LogP contribution in [0.3, 0.4) is 0 Å². The van der Waals surface area contributed by atoms with Crippen molar-refractivity contribution in [2.24, 2.45) is 0 Å². The van der Waals surface area contributed by atoms with E-state index >= 15 is 0 Å². The van der Waals surface area contributed by atoms with Crippen molar-refractivity contribution in [2.75, 3.05) is 6.54 Å². The number of H-pyrrole nitrogens is 1. The van der Waals surface area contributed by atoms with Crippen LogP contribution in [-0.2, 0) is 11.3 Å². The van der Waals surface area contributed by atoms with E-state index in [1.54, 1.807) is 0 Å². The Bertz CT molecular complexity index is 834. The molecule has 21 heavy (non-hydrogen) atoms. The number of rotatable bonds is 4. The van der Waals surface area contributed by atoms with E-state index < -0.39 is 17.1 Å². The van der Waals surface area contributed by atoms with Crippen LogP contribution in [0.1, 0.15) is 17.3 Å². The number of aromatic nitrogens is 2. The number of carbonyl (C=O) groups excluding carboxylic acids is 1. The molecule has 0 fully saturated rings. The van der Waals surface area contributed by atoms with Gasteiger partial charge in [-0.15, -0.1) is 0 Å². The van der Waals surface area contributed by atoms with Gasteiger partial charge in [-0.1, -0.05) is 6.07 Å². The lowest BCUT2D eigenvalue weighted by Crippen LogP contribution is -2.39. The normalized spacial score (nSPS) is 10.5.